The summed E-state index contributed by atoms with van der Waals surface area (Å²) in [6.07, 6.45) is -0.142. The summed E-state index contributed by atoms with van der Waals surface area (Å²) in [5.74, 6) is 1.14. The van der Waals surface area contributed by atoms with Crippen LogP contribution >= 0.6 is 0 Å². The number of hydrogen-bond acceptors (Lipinski definition) is 6. The number of benzene rings is 1. The Balaban J connectivity index is 1.68. The normalized spacial score (nSPS) is 19.8. The Morgan fingerprint density at radius 1 is 1.33 bits per heavy atom. The van der Waals surface area contributed by atoms with Crippen molar-refractivity contribution in [2.45, 2.75) is 6.10 Å². The zero-order valence-electron chi connectivity index (χ0n) is 12.1. The average molecular weight is 289 g/mol. The van der Waals surface area contributed by atoms with Gasteiger partial charge in [0.05, 0.1) is 13.2 Å². The summed E-state index contributed by atoms with van der Waals surface area (Å²) in [5, 5.41) is 4.06. The van der Waals surface area contributed by atoms with Crippen molar-refractivity contribution in [1.82, 2.24) is 15.0 Å². The summed E-state index contributed by atoms with van der Waals surface area (Å²) in [5.41, 5.74) is 0.920. The van der Waals surface area contributed by atoms with Crippen LogP contribution in [0.3, 0.4) is 0 Å². The molecule has 6 heteroatoms. The number of hydrogen-bond donors (Lipinski definition) is 0. The second kappa shape index (κ2) is 6.80. The van der Waals surface area contributed by atoms with Gasteiger partial charge < -0.3 is 14.0 Å². The number of morpholine rings is 1. The molecule has 1 fully saturated rings. The smallest absolute Gasteiger partial charge is 0.258 e. The number of methoxy groups -OCH3 is 1. The molecule has 0 spiro atoms. The van der Waals surface area contributed by atoms with Crippen molar-refractivity contribution in [3.05, 3.63) is 36.2 Å². The van der Waals surface area contributed by atoms with E-state index in [2.05, 4.69) is 15.0 Å². The predicted molar refractivity (Wildman–Crippen MR) is 76.7 cm³/mol. The highest BCUT2D eigenvalue weighted by molar-refractivity contribution is 5.52. The summed E-state index contributed by atoms with van der Waals surface area (Å²) < 4.78 is 16.2. The van der Waals surface area contributed by atoms with Gasteiger partial charge in [-0.3, -0.25) is 4.90 Å². The molecule has 1 atom stereocenters. The van der Waals surface area contributed by atoms with Crippen molar-refractivity contribution < 1.29 is 14.0 Å². The molecular formula is C15H19N3O3. The Hall–Kier alpha value is -1.76. The maximum absolute atomic E-state index is 5.76. The number of ether oxygens (including phenoxy) is 2. The first-order valence-electron chi connectivity index (χ1n) is 7.09. The van der Waals surface area contributed by atoms with Crippen molar-refractivity contribution in [1.29, 1.82) is 0 Å². The number of rotatable bonds is 5. The van der Waals surface area contributed by atoms with Gasteiger partial charge in [-0.25, -0.2) is 0 Å². The van der Waals surface area contributed by atoms with Gasteiger partial charge in [0.15, 0.2) is 0 Å². The quantitative estimate of drug-likeness (QED) is 0.836. The van der Waals surface area contributed by atoms with Gasteiger partial charge in [0.1, 0.15) is 6.10 Å². The summed E-state index contributed by atoms with van der Waals surface area (Å²) in [6.45, 7) is 3.94. The molecule has 112 valence electrons. The molecule has 1 aliphatic rings. The van der Waals surface area contributed by atoms with Gasteiger partial charge in [-0.05, 0) is 12.1 Å². The fourth-order valence-electron chi connectivity index (χ4n) is 2.35. The Kier molecular flexibility index (Phi) is 4.59. The van der Waals surface area contributed by atoms with Gasteiger partial charge in [0.25, 0.3) is 5.89 Å². The summed E-state index contributed by atoms with van der Waals surface area (Å²) in [7, 11) is 1.71. The first-order chi connectivity index (χ1) is 10.4. The van der Waals surface area contributed by atoms with Crippen LogP contribution in [0.1, 0.15) is 11.9 Å². The molecule has 2 aromatic rings. The molecule has 0 saturated carbocycles. The largest absolute Gasteiger partial charge is 0.383 e. The summed E-state index contributed by atoms with van der Waals surface area (Å²) >= 11 is 0. The van der Waals surface area contributed by atoms with Crippen LogP contribution in [-0.2, 0) is 9.47 Å². The molecule has 0 aliphatic carbocycles. The van der Waals surface area contributed by atoms with Crippen molar-refractivity contribution in [2.24, 2.45) is 0 Å². The van der Waals surface area contributed by atoms with E-state index in [4.69, 9.17) is 14.0 Å². The minimum absolute atomic E-state index is 0.142. The van der Waals surface area contributed by atoms with E-state index in [1.54, 1.807) is 7.11 Å². The van der Waals surface area contributed by atoms with Crippen LogP contribution < -0.4 is 0 Å². The van der Waals surface area contributed by atoms with Gasteiger partial charge in [0, 0.05) is 32.3 Å². The predicted octanol–water partition coefficient (Wildman–Crippen LogP) is 1.76. The third-order valence-corrected chi connectivity index (χ3v) is 3.51. The van der Waals surface area contributed by atoms with Crippen molar-refractivity contribution >= 4 is 0 Å². The average Bonchev–Trinajstić information content (AvgIpc) is 3.04. The molecule has 1 aromatic heterocycles. The number of nitrogens with zero attached hydrogens (tertiary/aromatic N) is 3. The molecule has 0 unspecified atom stereocenters. The van der Waals surface area contributed by atoms with Crippen LogP contribution in [0.25, 0.3) is 11.5 Å². The lowest BCUT2D eigenvalue weighted by Crippen LogP contribution is -2.40. The Morgan fingerprint density at radius 2 is 2.19 bits per heavy atom. The van der Waals surface area contributed by atoms with Crippen LogP contribution in [0.2, 0.25) is 0 Å². The summed E-state index contributed by atoms with van der Waals surface area (Å²) in [4.78, 5) is 6.75. The molecule has 21 heavy (non-hydrogen) atoms. The third kappa shape index (κ3) is 3.47. The molecule has 0 N–H and O–H groups in total. The van der Waals surface area contributed by atoms with E-state index >= 15 is 0 Å². The highest BCUT2D eigenvalue weighted by Crippen LogP contribution is 2.23. The van der Waals surface area contributed by atoms with Crippen LogP contribution in [0.4, 0.5) is 0 Å². The van der Waals surface area contributed by atoms with Gasteiger partial charge in [0.2, 0.25) is 5.82 Å². The monoisotopic (exact) mass is 289 g/mol. The van der Waals surface area contributed by atoms with E-state index in [9.17, 15) is 0 Å². The minimum atomic E-state index is -0.142. The zero-order valence-corrected chi connectivity index (χ0v) is 12.1. The molecule has 1 aliphatic heterocycles. The minimum Gasteiger partial charge on any atom is -0.383 e. The first-order valence-corrected chi connectivity index (χ1v) is 7.09. The van der Waals surface area contributed by atoms with Crippen LogP contribution in [-0.4, -0.2) is 55.0 Å². The highest BCUT2D eigenvalue weighted by Gasteiger charge is 2.26. The third-order valence-electron chi connectivity index (χ3n) is 3.51. The second-order valence-electron chi connectivity index (χ2n) is 4.98. The molecule has 6 nitrogen and oxygen atoms in total. The lowest BCUT2D eigenvalue weighted by molar-refractivity contribution is -0.0404. The van der Waals surface area contributed by atoms with E-state index in [1.165, 1.54) is 0 Å². The lowest BCUT2D eigenvalue weighted by Gasteiger charge is -2.30. The van der Waals surface area contributed by atoms with Crippen LogP contribution in [0, 0.1) is 0 Å². The molecule has 0 amide bonds. The first kappa shape index (κ1) is 14.2. The van der Waals surface area contributed by atoms with E-state index in [0.29, 0.717) is 24.9 Å². The lowest BCUT2D eigenvalue weighted by atomic mass is 10.2. The summed E-state index contributed by atoms with van der Waals surface area (Å²) in [6, 6.07) is 9.75. The topological polar surface area (TPSA) is 60.6 Å². The van der Waals surface area contributed by atoms with Crippen molar-refractivity contribution in [3.63, 3.8) is 0 Å². The highest BCUT2D eigenvalue weighted by atomic mass is 16.5. The van der Waals surface area contributed by atoms with Gasteiger partial charge in [-0.2, -0.15) is 4.98 Å². The van der Waals surface area contributed by atoms with Crippen molar-refractivity contribution in [2.75, 3.05) is 40.0 Å². The van der Waals surface area contributed by atoms with E-state index < -0.39 is 0 Å². The molecule has 2 heterocycles. The fraction of sp³-hybridized carbons (Fsp3) is 0.467. The molecule has 1 aromatic carbocycles. The maximum atomic E-state index is 5.76. The Morgan fingerprint density at radius 3 is 3.00 bits per heavy atom. The Bertz CT molecular complexity index is 558. The molecule has 1 saturated heterocycles. The van der Waals surface area contributed by atoms with Gasteiger partial charge in [-0.1, -0.05) is 23.4 Å². The van der Waals surface area contributed by atoms with E-state index in [0.717, 1.165) is 25.2 Å². The fourth-order valence-corrected chi connectivity index (χ4v) is 2.35. The second-order valence-corrected chi connectivity index (χ2v) is 4.98. The van der Waals surface area contributed by atoms with Gasteiger partial charge in [-0.15, -0.1) is 0 Å². The SMILES string of the molecule is COCCN1CCO[C@@H](c2noc(-c3ccccc3)n2)C1. The molecule has 3 rings (SSSR count). The molecule has 0 bridgehead atoms. The van der Waals surface area contributed by atoms with Crippen LogP contribution in [0.15, 0.2) is 34.9 Å². The van der Waals surface area contributed by atoms with Crippen molar-refractivity contribution in [3.8, 4) is 11.5 Å². The number of aromatic nitrogens is 2. The standard InChI is InChI=1S/C15H19N3O3/c1-19-9-7-18-8-10-20-13(11-18)14-16-15(21-17-14)12-5-3-2-4-6-12/h2-6,13H,7-11H2,1H3/t13-/m1/s1. The zero-order chi connectivity index (χ0) is 14.5. The van der Waals surface area contributed by atoms with E-state index in [1.807, 2.05) is 30.3 Å². The Labute approximate surface area is 123 Å². The van der Waals surface area contributed by atoms with Crippen LogP contribution in [0.5, 0.6) is 0 Å². The van der Waals surface area contributed by atoms with Gasteiger partial charge >= 0.3 is 0 Å². The maximum Gasteiger partial charge on any atom is 0.258 e. The molecular weight excluding hydrogens is 270 g/mol. The van der Waals surface area contributed by atoms with E-state index in [-0.39, 0.29) is 6.10 Å². The molecule has 0 radical (unpaired) electrons.